The van der Waals surface area contributed by atoms with Crippen molar-refractivity contribution in [1.82, 2.24) is 0 Å². The Hall–Kier alpha value is -2.88. The van der Waals surface area contributed by atoms with Crippen LogP contribution < -0.4 is 14.5 Å². The molecule has 0 saturated carbocycles. The third-order valence-corrected chi connectivity index (χ3v) is 5.15. The van der Waals surface area contributed by atoms with E-state index in [4.69, 9.17) is 14.2 Å². The fraction of sp³-hybridized carbons (Fsp3) is 0.261. The predicted molar refractivity (Wildman–Crippen MR) is 127 cm³/mol. The number of rotatable bonds is 8. The number of nitrogens with zero attached hydrogens (tertiary/aromatic N) is 2. The average Bonchev–Trinajstić information content (AvgIpc) is 3.02. The van der Waals surface area contributed by atoms with E-state index in [1.807, 2.05) is 43.3 Å². The zero-order valence-corrected chi connectivity index (χ0v) is 19.7. The number of para-hydroxylation sites is 1. The molecule has 3 rings (SSSR count). The number of esters is 1. The fourth-order valence-corrected chi connectivity index (χ4v) is 3.78. The summed E-state index contributed by atoms with van der Waals surface area (Å²) < 4.78 is 17.0. The van der Waals surface area contributed by atoms with Crippen LogP contribution in [0, 0.1) is 3.57 Å². The molecule has 0 radical (unpaired) electrons. The number of hydrazone groups is 1. The molecule has 8 heteroatoms. The molecule has 0 saturated heterocycles. The molecular formula is C23H23IN2O5. The highest BCUT2D eigenvalue weighted by Gasteiger charge is 2.28. The van der Waals surface area contributed by atoms with Gasteiger partial charge in [-0.3, -0.25) is 4.79 Å². The molecule has 0 N–H and O–H groups in total. The summed E-state index contributed by atoms with van der Waals surface area (Å²) in [4.78, 5) is 24.6. The van der Waals surface area contributed by atoms with Crippen LogP contribution in [0.4, 0.5) is 5.69 Å². The quantitative estimate of drug-likeness (QED) is 0.285. The van der Waals surface area contributed by atoms with Crippen LogP contribution in [-0.4, -0.2) is 37.4 Å². The summed E-state index contributed by atoms with van der Waals surface area (Å²) in [7, 11) is 0. The first-order valence-corrected chi connectivity index (χ1v) is 10.9. The molecule has 7 nitrogen and oxygen atoms in total. The van der Waals surface area contributed by atoms with Crippen molar-refractivity contribution < 1.29 is 23.8 Å². The zero-order valence-electron chi connectivity index (χ0n) is 17.6. The predicted octanol–water partition coefficient (Wildman–Crippen LogP) is 4.44. The van der Waals surface area contributed by atoms with Gasteiger partial charge in [0.2, 0.25) is 0 Å². The van der Waals surface area contributed by atoms with Gasteiger partial charge in [-0.2, -0.15) is 10.1 Å². The molecule has 0 aliphatic carbocycles. The maximum atomic E-state index is 13.0. The second-order valence-electron chi connectivity index (χ2n) is 6.55. The monoisotopic (exact) mass is 534 g/mol. The first-order valence-electron chi connectivity index (χ1n) is 9.86. The molecule has 2 aromatic rings. The Balaban J connectivity index is 1.89. The van der Waals surface area contributed by atoms with Gasteiger partial charge < -0.3 is 14.2 Å². The highest BCUT2D eigenvalue weighted by Crippen LogP contribution is 2.35. The lowest BCUT2D eigenvalue weighted by molar-refractivity contribution is -0.145. The SMILES string of the molecule is CCOC(=O)COc1c(I)cc(/C=C2/C(=O)N(c3ccccc3)N=C2C)cc1OCC. The Morgan fingerprint density at radius 1 is 1.13 bits per heavy atom. The lowest BCUT2D eigenvalue weighted by Gasteiger charge is -2.14. The molecule has 1 heterocycles. The van der Waals surface area contributed by atoms with Crippen LogP contribution in [0.2, 0.25) is 0 Å². The van der Waals surface area contributed by atoms with Gasteiger partial charge in [0.05, 0.1) is 33.8 Å². The van der Waals surface area contributed by atoms with Gasteiger partial charge in [0.25, 0.3) is 5.91 Å². The van der Waals surface area contributed by atoms with Crippen molar-refractivity contribution in [1.29, 1.82) is 0 Å². The van der Waals surface area contributed by atoms with Crippen molar-refractivity contribution in [3.8, 4) is 11.5 Å². The average molecular weight is 534 g/mol. The lowest BCUT2D eigenvalue weighted by atomic mass is 10.1. The first-order chi connectivity index (χ1) is 14.9. The molecule has 0 aromatic heterocycles. The second kappa shape index (κ2) is 10.4. The highest BCUT2D eigenvalue weighted by atomic mass is 127. The second-order valence-corrected chi connectivity index (χ2v) is 7.71. The van der Waals surface area contributed by atoms with E-state index in [0.717, 1.165) is 9.13 Å². The molecule has 0 unspecified atom stereocenters. The Kier molecular flexibility index (Phi) is 7.67. The minimum Gasteiger partial charge on any atom is -0.490 e. The van der Waals surface area contributed by atoms with Crippen LogP contribution >= 0.6 is 22.6 Å². The molecule has 1 aliphatic rings. The minimum absolute atomic E-state index is 0.195. The zero-order chi connectivity index (χ0) is 22.4. The van der Waals surface area contributed by atoms with E-state index < -0.39 is 5.97 Å². The molecule has 0 spiro atoms. The van der Waals surface area contributed by atoms with Crippen LogP contribution in [0.3, 0.4) is 0 Å². The lowest BCUT2D eigenvalue weighted by Crippen LogP contribution is -2.21. The van der Waals surface area contributed by atoms with E-state index >= 15 is 0 Å². The third kappa shape index (κ3) is 5.43. The molecule has 0 fully saturated rings. The number of halogens is 1. The standard InChI is InChI=1S/C23H23IN2O5/c1-4-29-20-13-16(12-19(24)22(20)31-14-21(27)30-5-2)11-18-15(3)25-26(23(18)28)17-9-7-6-8-10-17/h6-13H,4-5,14H2,1-3H3/b18-11+. The Labute approximate surface area is 194 Å². The number of ether oxygens (including phenoxy) is 3. The van der Waals surface area contributed by atoms with Crippen molar-refractivity contribution >= 4 is 51.9 Å². The van der Waals surface area contributed by atoms with Crippen molar-refractivity contribution in [2.75, 3.05) is 24.8 Å². The molecule has 162 valence electrons. The smallest absolute Gasteiger partial charge is 0.344 e. The molecule has 1 amide bonds. The number of benzene rings is 2. The summed E-state index contributed by atoms with van der Waals surface area (Å²) in [6, 6.07) is 12.9. The van der Waals surface area contributed by atoms with Crippen LogP contribution in [0.15, 0.2) is 53.1 Å². The van der Waals surface area contributed by atoms with Gasteiger partial charge in [-0.15, -0.1) is 0 Å². The molecule has 2 aromatic carbocycles. The topological polar surface area (TPSA) is 77.4 Å². The van der Waals surface area contributed by atoms with E-state index in [1.165, 1.54) is 5.01 Å². The minimum atomic E-state index is -0.448. The largest absolute Gasteiger partial charge is 0.490 e. The molecule has 1 aliphatic heterocycles. The van der Waals surface area contributed by atoms with Gasteiger partial charge in [0, 0.05) is 0 Å². The Bertz CT molecular complexity index is 1030. The summed E-state index contributed by atoms with van der Waals surface area (Å²) >= 11 is 2.12. The van der Waals surface area contributed by atoms with Crippen LogP contribution in [0.1, 0.15) is 26.3 Å². The van der Waals surface area contributed by atoms with E-state index in [-0.39, 0.29) is 12.5 Å². The number of carbonyl (C=O) groups is 2. The van der Waals surface area contributed by atoms with Crippen molar-refractivity contribution in [2.24, 2.45) is 5.10 Å². The van der Waals surface area contributed by atoms with Crippen LogP contribution in [0.25, 0.3) is 6.08 Å². The summed E-state index contributed by atoms with van der Waals surface area (Å²) in [6.07, 6.45) is 1.78. The number of amides is 1. The fourth-order valence-electron chi connectivity index (χ4n) is 3.00. The molecule has 0 bridgehead atoms. The van der Waals surface area contributed by atoms with Gasteiger partial charge in [-0.1, -0.05) is 18.2 Å². The van der Waals surface area contributed by atoms with E-state index in [2.05, 4.69) is 27.7 Å². The van der Waals surface area contributed by atoms with Crippen molar-refractivity contribution in [3.05, 3.63) is 57.2 Å². The van der Waals surface area contributed by atoms with Crippen LogP contribution in [-0.2, 0) is 14.3 Å². The maximum Gasteiger partial charge on any atom is 0.344 e. The summed E-state index contributed by atoms with van der Waals surface area (Å²) in [6.45, 7) is 5.91. The summed E-state index contributed by atoms with van der Waals surface area (Å²) in [5.74, 6) is 0.313. The Morgan fingerprint density at radius 2 is 1.87 bits per heavy atom. The molecule has 31 heavy (non-hydrogen) atoms. The van der Waals surface area contributed by atoms with Gasteiger partial charge in [0.15, 0.2) is 18.1 Å². The van der Waals surface area contributed by atoms with Gasteiger partial charge in [0.1, 0.15) is 0 Å². The summed E-state index contributed by atoms with van der Waals surface area (Å²) in [5.41, 5.74) is 2.61. The first kappa shape index (κ1) is 22.8. The van der Waals surface area contributed by atoms with E-state index in [9.17, 15) is 9.59 Å². The Morgan fingerprint density at radius 3 is 2.55 bits per heavy atom. The van der Waals surface area contributed by atoms with E-state index in [0.29, 0.717) is 41.7 Å². The van der Waals surface area contributed by atoms with Gasteiger partial charge >= 0.3 is 5.97 Å². The van der Waals surface area contributed by atoms with Gasteiger partial charge in [-0.25, -0.2) is 4.79 Å². The summed E-state index contributed by atoms with van der Waals surface area (Å²) in [5, 5.41) is 5.80. The molecule has 0 atom stereocenters. The number of hydrogen-bond donors (Lipinski definition) is 0. The normalized spacial score (nSPS) is 14.6. The maximum absolute atomic E-state index is 13.0. The number of anilines is 1. The van der Waals surface area contributed by atoms with Crippen molar-refractivity contribution in [2.45, 2.75) is 20.8 Å². The molecular weight excluding hydrogens is 511 g/mol. The van der Waals surface area contributed by atoms with E-state index in [1.54, 1.807) is 26.0 Å². The third-order valence-electron chi connectivity index (χ3n) is 4.35. The van der Waals surface area contributed by atoms with Gasteiger partial charge in [-0.05, 0) is 79.3 Å². The highest BCUT2D eigenvalue weighted by molar-refractivity contribution is 14.1. The van der Waals surface area contributed by atoms with Crippen molar-refractivity contribution in [3.63, 3.8) is 0 Å². The number of carbonyl (C=O) groups excluding carboxylic acids is 2. The van der Waals surface area contributed by atoms with Crippen LogP contribution in [0.5, 0.6) is 11.5 Å². The number of hydrogen-bond acceptors (Lipinski definition) is 6.